The second-order valence-corrected chi connectivity index (χ2v) is 5.09. The van der Waals surface area contributed by atoms with Crippen LogP contribution in [0.2, 0.25) is 0 Å². The molecule has 0 aliphatic carbocycles. The van der Waals surface area contributed by atoms with E-state index in [1.54, 1.807) is 23.9 Å². The molecule has 1 unspecified atom stereocenters. The van der Waals surface area contributed by atoms with Gasteiger partial charge in [0.25, 0.3) is 0 Å². The lowest BCUT2D eigenvalue weighted by molar-refractivity contribution is 0.358. The monoisotopic (exact) mass is 291 g/mol. The Hall–Kier alpha value is -3.25. The minimum Gasteiger partial charge on any atom is -0.422 e. The van der Waals surface area contributed by atoms with Crippen molar-refractivity contribution in [3.63, 3.8) is 0 Å². The zero-order valence-corrected chi connectivity index (χ0v) is 12.2. The number of ether oxygens (including phenoxy) is 1. The van der Waals surface area contributed by atoms with Crippen LogP contribution in [0.3, 0.4) is 0 Å². The Balaban J connectivity index is 2.23. The highest BCUT2D eigenvalue weighted by Gasteiger charge is 2.35. The number of hydrogen-bond acceptors (Lipinski definition) is 5. The Kier molecular flexibility index (Phi) is 3.08. The van der Waals surface area contributed by atoms with Crippen LogP contribution >= 0.6 is 0 Å². The van der Waals surface area contributed by atoms with E-state index < -0.39 is 0 Å². The third-order valence-corrected chi connectivity index (χ3v) is 3.76. The van der Waals surface area contributed by atoms with Crippen LogP contribution in [-0.4, -0.2) is 9.78 Å². The van der Waals surface area contributed by atoms with Gasteiger partial charge in [-0.25, -0.2) is 4.68 Å². The summed E-state index contributed by atoms with van der Waals surface area (Å²) < 4.78 is 7.18. The molecule has 0 spiro atoms. The number of hydrogen-bond donors (Lipinski definition) is 1. The zero-order valence-electron chi connectivity index (χ0n) is 12.2. The molecule has 0 saturated heterocycles. The summed E-state index contributed by atoms with van der Waals surface area (Å²) in [7, 11) is 1.77. The molecule has 0 fully saturated rings. The Labute approximate surface area is 127 Å². The number of fused-ring (bicyclic) bond motifs is 1. The first-order valence-electron chi connectivity index (χ1n) is 6.68. The molecule has 1 atom stereocenters. The van der Waals surface area contributed by atoms with E-state index in [9.17, 15) is 5.26 Å². The molecule has 1 aromatic heterocycles. The molecule has 2 N–H and O–H groups in total. The predicted octanol–water partition coefficient (Wildman–Crippen LogP) is 1.82. The maximum atomic E-state index is 9.47. The van der Waals surface area contributed by atoms with Crippen molar-refractivity contribution in [2.75, 3.05) is 0 Å². The zero-order chi connectivity index (χ0) is 15.9. The lowest BCUT2D eigenvalue weighted by Crippen LogP contribution is -2.21. The number of allylic oxidation sites excluding steroid dienone is 1. The lowest BCUT2D eigenvalue weighted by atomic mass is 9.84. The largest absolute Gasteiger partial charge is 0.422 e. The molecular formula is C16H13N5O. The van der Waals surface area contributed by atoms with Gasteiger partial charge in [0.05, 0.1) is 28.8 Å². The standard InChI is InChI=1S/C16H13N5O/c1-9-13-14(11-5-3-10(7-17)4-6-11)12(8-18)15(19)22-16(13)21(2)20-9/h3-6,14H,19H2,1-2H3. The van der Waals surface area contributed by atoms with Gasteiger partial charge in [0.1, 0.15) is 11.6 Å². The third kappa shape index (κ3) is 1.90. The van der Waals surface area contributed by atoms with Crippen molar-refractivity contribution in [2.24, 2.45) is 12.8 Å². The third-order valence-electron chi connectivity index (χ3n) is 3.76. The maximum Gasteiger partial charge on any atom is 0.224 e. The first kappa shape index (κ1) is 13.7. The highest BCUT2D eigenvalue weighted by molar-refractivity contribution is 5.55. The van der Waals surface area contributed by atoms with Crippen molar-refractivity contribution in [1.82, 2.24) is 9.78 Å². The fourth-order valence-electron chi connectivity index (χ4n) is 2.76. The van der Waals surface area contributed by atoms with Gasteiger partial charge in [0.2, 0.25) is 11.8 Å². The van der Waals surface area contributed by atoms with Gasteiger partial charge >= 0.3 is 0 Å². The molecule has 22 heavy (non-hydrogen) atoms. The summed E-state index contributed by atoms with van der Waals surface area (Å²) in [5, 5.41) is 22.7. The van der Waals surface area contributed by atoms with Crippen LogP contribution in [0, 0.1) is 29.6 Å². The van der Waals surface area contributed by atoms with E-state index >= 15 is 0 Å². The van der Waals surface area contributed by atoms with Gasteiger partial charge in [-0.05, 0) is 24.6 Å². The van der Waals surface area contributed by atoms with Crippen molar-refractivity contribution in [3.8, 4) is 18.0 Å². The molecule has 0 amide bonds. The van der Waals surface area contributed by atoms with Gasteiger partial charge < -0.3 is 10.5 Å². The van der Waals surface area contributed by atoms with Crippen LogP contribution in [0.25, 0.3) is 0 Å². The minimum atomic E-state index is -0.338. The second-order valence-electron chi connectivity index (χ2n) is 5.09. The molecule has 2 heterocycles. The van der Waals surface area contributed by atoms with Gasteiger partial charge in [-0.3, -0.25) is 0 Å². The summed E-state index contributed by atoms with van der Waals surface area (Å²) in [4.78, 5) is 0. The predicted molar refractivity (Wildman–Crippen MR) is 78.4 cm³/mol. The van der Waals surface area contributed by atoms with Crippen molar-refractivity contribution in [2.45, 2.75) is 12.8 Å². The lowest BCUT2D eigenvalue weighted by Gasteiger charge is -2.24. The van der Waals surface area contributed by atoms with E-state index in [2.05, 4.69) is 17.2 Å². The number of nitrogens with two attached hydrogens (primary N) is 1. The number of nitriles is 2. The Bertz CT molecular complexity index is 862. The first-order valence-corrected chi connectivity index (χ1v) is 6.68. The van der Waals surface area contributed by atoms with Gasteiger partial charge in [-0.1, -0.05) is 12.1 Å². The van der Waals surface area contributed by atoms with Crippen molar-refractivity contribution in [3.05, 3.63) is 58.1 Å². The number of nitrogens with zero attached hydrogens (tertiary/aromatic N) is 4. The van der Waals surface area contributed by atoms with Crippen LogP contribution in [0.1, 0.15) is 28.3 Å². The molecule has 2 aromatic rings. The Morgan fingerprint density at radius 2 is 1.91 bits per heavy atom. The molecule has 0 saturated carbocycles. The quantitative estimate of drug-likeness (QED) is 0.863. The molecule has 0 radical (unpaired) electrons. The Morgan fingerprint density at radius 3 is 2.50 bits per heavy atom. The number of aromatic nitrogens is 2. The van der Waals surface area contributed by atoms with Gasteiger partial charge in [0, 0.05) is 7.05 Å². The number of benzene rings is 1. The van der Waals surface area contributed by atoms with Crippen molar-refractivity contribution in [1.29, 1.82) is 10.5 Å². The maximum absolute atomic E-state index is 9.47. The fourth-order valence-corrected chi connectivity index (χ4v) is 2.76. The first-order chi connectivity index (χ1) is 10.6. The molecule has 3 rings (SSSR count). The van der Waals surface area contributed by atoms with E-state index in [1.807, 2.05) is 19.1 Å². The van der Waals surface area contributed by atoms with E-state index in [4.69, 9.17) is 15.7 Å². The molecular weight excluding hydrogens is 278 g/mol. The highest BCUT2D eigenvalue weighted by Crippen LogP contribution is 2.43. The van der Waals surface area contributed by atoms with Gasteiger partial charge in [0.15, 0.2) is 0 Å². The molecule has 6 heteroatoms. The van der Waals surface area contributed by atoms with Gasteiger partial charge in [-0.15, -0.1) is 0 Å². The molecule has 6 nitrogen and oxygen atoms in total. The van der Waals surface area contributed by atoms with Crippen molar-refractivity contribution < 1.29 is 4.74 Å². The summed E-state index contributed by atoms with van der Waals surface area (Å²) in [5.74, 6) is 0.297. The van der Waals surface area contributed by atoms with Crippen LogP contribution in [0.4, 0.5) is 0 Å². The normalized spacial score (nSPS) is 16.5. The average Bonchev–Trinajstić information content (AvgIpc) is 2.80. The van der Waals surface area contributed by atoms with Gasteiger partial charge in [-0.2, -0.15) is 15.6 Å². The topological polar surface area (TPSA) is 101 Å². The van der Waals surface area contributed by atoms with Crippen LogP contribution in [0.5, 0.6) is 5.88 Å². The SMILES string of the molecule is Cc1nn(C)c2c1C(c1ccc(C#N)cc1)C(C#N)=C(N)O2. The van der Waals surface area contributed by atoms with Crippen LogP contribution in [0.15, 0.2) is 35.7 Å². The molecule has 1 aliphatic rings. The molecule has 1 aromatic carbocycles. The summed E-state index contributed by atoms with van der Waals surface area (Å²) >= 11 is 0. The van der Waals surface area contributed by atoms with Crippen LogP contribution < -0.4 is 10.5 Å². The van der Waals surface area contributed by atoms with E-state index in [-0.39, 0.29) is 11.8 Å². The smallest absolute Gasteiger partial charge is 0.224 e. The second kappa shape index (κ2) is 4.94. The van der Waals surface area contributed by atoms with Crippen LogP contribution in [-0.2, 0) is 7.05 Å². The number of rotatable bonds is 1. The fraction of sp³-hybridized carbons (Fsp3) is 0.188. The van der Waals surface area contributed by atoms with E-state index in [0.29, 0.717) is 17.0 Å². The van der Waals surface area contributed by atoms with E-state index in [0.717, 1.165) is 16.8 Å². The van der Waals surface area contributed by atoms with E-state index in [1.165, 1.54) is 0 Å². The Morgan fingerprint density at radius 1 is 1.23 bits per heavy atom. The average molecular weight is 291 g/mol. The number of aryl methyl sites for hydroxylation is 2. The van der Waals surface area contributed by atoms with Crippen molar-refractivity contribution >= 4 is 0 Å². The molecule has 0 bridgehead atoms. The summed E-state index contributed by atoms with van der Waals surface area (Å²) in [6.45, 7) is 1.87. The minimum absolute atomic E-state index is 0.0901. The summed E-state index contributed by atoms with van der Waals surface area (Å²) in [6.07, 6.45) is 0. The summed E-state index contributed by atoms with van der Waals surface area (Å²) in [6, 6.07) is 11.3. The molecule has 1 aliphatic heterocycles. The molecule has 108 valence electrons. The highest BCUT2D eigenvalue weighted by atomic mass is 16.5. The summed E-state index contributed by atoms with van der Waals surface area (Å²) in [5.41, 5.74) is 9.32.